The van der Waals surface area contributed by atoms with E-state index >= 15 is 0 Å². The molecule has 0 atom stereocenters. The van der Waals surface area contributed by atoms with Crippen LogP contribution in [0.15, 0.2) is 24.3 Å². The molecule has 1 aromatic carbocycles. The molecule has 13 heteroatoms. The molecule has 1 aliphatic heterocycles. The SMILES string of the molecule is COc1ccc(NC(=O)CN2CCN(C(=O)[O-])CCN(C(=O)[O-])CCN(C(=O)[O-])CC2)cc1. The number of carboxylic acid groups (broad SMARTS) is 3. The lowest BCUT2D eigenvalue weighted by Crippen LogP contribution is -2.55. The van der Waals surface area contributed by atoms with Gasteiger partial charge in [-0.25, -0.2) is 0 Å². The topological polar surface area (TPSA) is 172 Å². The average Bonchev–Trinajstić information content (AvgIpc) is 2.75. The standard InChI is InChI=1S/C20H29N5O8/c1-33-16-4-2-15(3-5-16)21-17(26)14-22-6-8-23(18(27)28)10-12-25(20(31)32)13-11-24(9-7-22)19(29)30/h2-5H,6-14H2,1H3,(H,21,26)(H,27,28)(H,29,30)(H,31,32)/p-3. The van der Waals surface area contributed by atoms with E-state index in [-0.39, 0.29) is 64.8 Å². The first-order valence-electron chi connectivity index (χ1n) is 10.2. The summed E-state index contributed by atoms with van der Waals surface area (Å²) in [5.41, 5.74) is 0.533. The van der Waals surface area contributed by atoms with Crippen LogP contribution in [0.1, 0.15) is 0 Å². The largest absolute Gasteiger partial charge is 0.530 e. The number of nitrogens with zero attached hydrogens (tertiary/aromatic N) is 4. The summed E-state index contributed by atoms with van der Waals surface area (Å²) in [6.45, 7) is -0.870. The number of carbonyl (C=O) groups is 4. The predicted octanol–water partition coefficient (Wildman–Crippen LogP) is -3.11. The van der Waals surface area contributed by atoms with Gasteiger partial charge in [0.15, 0.2) is 0 Å². The van der Waals surface area contributed by atoms with Crippen molar-refractivity contribution >= 4 is 29.9 Å². The first-order valence-corrected chi connectivity index (χ1v) is 10.2. The zero-order chi connectivity index (χ0) is 24.4. The Morgan fingerprint density at radius 1 is 0.758 bits per heavy atom. The van der Waals surface area contributed by atoms with Gasteiger partial charge in [-0.2, -0.15) is 0 Å². The number of ether oxygens (including phenoxy) is 1. The average molecular weight is 464 g/mol. The van der Waals surface area contributed by atoms with Crippen molar-refractivity contribution in [1.82, 2.24) is 19.6 Å². The fourth-order valence-corrected chi connectivity index (χ4v) is 3.24. The molecule has 1 aromatic rings. The lowest BCUT2D eigenvalue weighted by Gasteiger charge is -2.36. The summed E-state index contributed by atoms with van der Waals surface area (Å²) in [6, 6.07) is 6.67. The number of methoxy groups -OCH3 is 1. The zero-order valence-electron chi connectivity index (χ0n) is 18.2. The molecule has 1 N–H and O–H groups in total. The maximum absolute atomic E-state index is 12.5. The summed E-state index contributed by atoms with van der Waals surface area (Å²) >= 11 is 0. The van der Waals surface area contributed by atoms with E-state index in [1.807, 2.05) is 0 Å². The summed E-state index contributed by atoms with van der Waals surface area (Å²) in [4.78, 5) is 51.0. The van der Waals surface area contributed by atoms with Gasteiger partial charge < -0.3 is 54.5 Å². The van der Waals surface area contributed by atoms with Crippen LogP contribution in [0.25, 0.3) is 0 Å². The van der Waals surface area contributed by atoms with Crippen LogP contribution < -0.4 is 25.4 Å². The highest BCUT2D eigenvalue weighted by molar-refractivity contribution is 5.92. The molecule has 1 saturated heterocycles. The van der Waals surface area contributed by atoms with Crippen LogP contribution in [-0.2, 0) is 4.79 Å². The molecule has 0 saturated carbocycles. The molecule has 13 nitrogen and oxygen atoms in total. The van der Waals surface area contributed by atoms with E-state index in [1.165, 1.54) is 7.11 Å². The van der Waals surface area contributed by atoms with Gasteiger partial charge in [0.1, 0.15) is 24.0 Å². The van der Waals surface area contributed by atoms with Crippen LogP contribution >= 0.6 is 0 Å². The van der Waals surface area contributed by atoms with Crippen LogP contribution in [-0.4, -0.2) is 110 Å². The summed E-state index contributed by atoms with van der Waals surface area (Å²) in [6.07, 6.45) is -4.51. The van der Waals surface area contributed by atoms with E-state index < -0.39 is 18.3 Å². The maximum Gasteiger partial charge on any atom is 0.238 e. The number of nitrogens with one attached hydrogen (secondary N) is 1. The number of carbonyl (C=O) groups excluding carboxylic acids is 4. The van der Waals surface area contributed by atoms with E-state index in [0.717, 1.165) is 14.7 Å². The van der Waals surface area contributed by atoms with Gasteiger partial charge in [-0.1, -0.05) is 0 Å². The van der Waals surface area contributed by atoms with Crippen molar-refractivity contribution in [2.75, 3.05) is 71.3 Å². The number of anilines is 1. The Morgan fingerprint density at radius 2 is 1.15 bits per heavy atom. The van der Waals surface area contributed by atoms with Crippen LogP contribution in [0.5, 0.6) is 5.75 Å². The van der Waals surface area contributed by atoms with Crippen molar-refractivity contribution < 1.29 is 39.2 Å². The summed E-state index contributed by atoms with van der Waals surface area (Å²) in [7, 11) is 1.52. The third-order valence-electron chi connectivity index (χ3n) is 5.17. The molecule has 1 heterocycles. The van der Waals surface area contributed by atoms with Gasteiger partial charge in [0.25, 0.3) is 0 Å². The van der Waals surface area contributed by atoms with Crippen LogP contribution in [0, 0.1) is 0 Å². The Labute approximate surface area is 190 Å². The first-order chi connectivity index (χ1) is 15.7. The second-order valence-corrected chi connectivity index (χ2v) is 7.31. The minimum atomic E-state index is -1.54. The molecule has 1 aliphatic rings. The molecule has 2 rings (SSSR count). The Balaban J connectivity index is 2.08. The fourth-order valence-electron chi connectivity index (χ4n) is 3.24. The van der Waals surface area contributed by atoms with Crippen molar-refractivity contribution in [3.05, 3.63) is 24.3 Å². The monoisotopic (exact) mass is 464 g/mol. The molecular formula is C20H26N5O8-3. The summed E-state index contributed by atoms with van der Waals surface area (Å²) in [5.74, 6) is 0.244. The molecular weight excluding hydrogens is 438 g/mol. The smallest absolute Gasteiger partial charge is 0.238 e. The summed E-state index contributed by atoms with van der Waals surface area (Å²) < 4.78 is 5.07. The van der Waals surface area contributed by atoms with E-state index in [2.05, 4.69) is 5.32 Å². The first kappa shape index (κ1) is 25.5. The van der Waals surface area contributed by atoms with Crippen molar-refractivity contribution in [1.29, 1.82) is 0 Å². The van der Waals surface area contributed by atoms with Gasteiger partial charge in [0, 0.05) is 58.0 Å². The van der Waals surface area contributed by atoms with Crippen LogP contribution in [0.4, 0.5) is 20.1 Å². The second kappa shape index (κ2) is 12.3. The minimum absolute atomic E-state index is 0.0651. The van der Waals surface area contributed by atoms with Crippen molar-refractivity contribution in [3.8, 4) is 5.75 Å². The van der Waals surface area contributed by atoms with Crippen LogP contribution in [0.2, 0.25) is 0 Å². The third kappa shape index (κ3) is 8.37. The molecule has 0 aliphatic carbocycles. The van der Waals surface area contributed by atoms with E-state index in [4.69, 9.17) is 4.74 Å². The van der Waals surface area contributed by atoms with Crippen molar-refractivity contribution in [2.24, 2.45) is 0 Å². The van der Waals surface area contributed by atoms with Crippen molar-refractivity contribution in [3.63, 3.8) is 0 Å². The van der Waals surface area contributed by atoms with Gasteiger partial charge in [0.2, 0.25) is 5.91 Å². The number of benzene rings is 1. The molecule has 0 unspecified atom stereocenters. The Kier molecular flexibility index (Phi) is 9.54. The lowest BCUT2D eigenvalue weighted by atomic mass is 10.3. The number of amides is 4. The van der Waals surface area contributed by atoms with Gasteiger partial charge in [-0.3, -0.25) is 9.69 Å². The predicted molar refractivity (Wildman–Crippen MR) is 109 cm³/mol. The molecule has 1 fully saturated rings. The quantitative estimate of drug-likeness (QED) is 0.484. The molecule has 0 radical (unpaired) electrons. The van der Waals surface area contributed by atoms with E-state index in [0.29, 0.717) is 11.4 Å². The van der Waals surface area contributed by atoms with Gasteiger partial charge in [-0.15, -0.1) is 0 Å². The molecule has 0 spiro atoms. The lowest BCUT2D eigenvalue weighted by molar-refractivity contribution is -0.272. The Hall–Kier alpha value is -3.74. The molecule has 0 aromatic heterocycles. The second-order valence-electron chi connectivity index (χ2n) is 7.31. The van der Waals surface area contributed by atoms with E-state index in [1.54, 1.807) is 29.2 Å². The van der Waals surface area contributed by atoms with Crippen LogP contribution in [0.3, 0.4) is 0 Å². The van der Waals surface area contributed by atoms with Gasteiger partial charge in [-0.05, 0) is 24.3 Å². The molecule has 182 valence electrons. The normalized spacial score (nSPS) is 16.3. The highest BCUT2D eigenvalue weighted by Crippen LogP contribution is 2.15. The highest BCUT2D eigenvalue weighted by Gasteiger charge is 2.18. The van der Waals surface area contributed by atoms with Gasteiger partial charge >= 0.3 is 0 Å². The van der Waals surface area contributed by atoms with Crippen molar-refractivity contribution in [2.45, 2.75) is 0 Å². The Morgan fingerprint density at radius 3 is 1.52 bits per heavy atom. The Bertz CT molecular complexity index is 804. The number of rotatable bonds is 4. The maximum atomic E-state index is 12.5. The van der Waals surface area contributed by atoms with Gasteiger partial charge in [0.05, 0.1) is 13.7 Å². The molecule has 33 heavy (non-hydrogen) atoms. The fraction of sp³-hybridized carbons (Fsp3) is 0.500. The van der Waals surface area contributed by atoms with E-state index in [9.17, 15) is 34.5 Å². The zero-order valence-corrected chi connectivity index (χ0v) is 18.2. The number of hydrogen-bond acceptors (Lipinski definition) is 9. The summed E-state index contributed by atoms with van der Waals surface area (Å²) in [5, 5.41) is 36.9. The number of hydrogen-bond donors (Lipinski definition) is 1. The third-order valence-corrected chi connectivity index (χ3v) is 5.17. The minimum Gasteiger partial charge on any atom is -0.530 e. The molecule has 0 bridgehead atoms. The molecule has 4 amide bonds. The highest BCUT2D eigenvalue weighted by atomic mass is 16.5.